The molecule has 0 N–H and O–H groups in total. The molecule has 6 heteroatoms. The van der Waals surface area contributed by atoms with Crippen molar-refractivity contribution in [3.05, 3.63) is 51.2 Å². The average molecular weight is 390 g/mol. The first-order valence-corrected chi connectivity index (χ1v) is 8.54. The topological polar surface area (TPSA) is 25.8 Å². The van der Waals surface area contributed by atoms with E-state index >= 15 is 0 Å². The molecule has 0 radical (unpaired) electrons. The van der Waals surface area contributed by atoms with Crippen LogP contribution in [0.2, 0.25) is 5.15 Å². The summed E-state index contributed by atoms with van der Waals surface area (Å²) in [5, 5.41) is 0.407. The highest BCUT2D eigenvalue weighted by molar-refractivity contribution is 9.10. The van der Waals surface area contributed by atoms with E-state index in [0.717, 1.165) is 15.1 Å². The average Bonchev–Trinajstić information content (AvgIpc) is 2.38. The predicted octanol–water partition coefficient (Wildman–Crippen LogP) is 5.62. The van der Waals surface area contributed by atoms with Gasteiger partial charge in [0.1, 0.15) is 16.8 Å². The van der Waals surface area contributed by atoms with Crippen LogP contribution in [0.4, 0.5) is 4.39 Å². The van der Waals surface area contributed by atoms with Gasteiger partial charge in [0.15, 0.2) is 0 Å². The molecule has 0 bridgehead atoms. The highest BCUT2D eigenvalue weighted by atomic mass is 79.9. The van der Waals surface area contributed by atoms with Crippen molar-refractivity contribution in [1.82, 2.24) is 9.97 Å². The molecule has 0 atom stereocenters. The molecular formula is C15H15BrClFN2S. The van der Waals surface area contributed by atoms with Gasteiger partial charge in [0.2, 0.25) is 0 Å². The normalized spacial score (nSPS) is 11.7. The molecule has 2 rings (SSSR count). The van der Waals surface area contributed by atoms with Crippen LogP contribution in [0, 0.1) is 5.82 Å². The summed E-state index contributed by atoms with van der Waals surface area (Å²) in [6.07, 6.45) is 0. The van der Waals surface area contributed by atoms with Crippen LogP contribution >= 0.6 is 39.3 Å². The van der Waals surface area contributed by atoms with Gasteiger partial charge in [-0.3, -0.25) is 0 Å². The zero-order valence-corrected chi connectivity index (χ0v) is 15.1. The summed E-state index contributed by atoms with van der Waals surface area (Å²) in [7, 11) is 0. The number of halogens is 3. The van der Waals surface area contributed by atoms with E-state index in [1.807, 2.05) is 6.07 Å². The highest BCUT2D eigenvalue weighted by Gasteiger charge is 2.22. The lowest BCUT2D eigenvalue weighted by Gasteiger charge is -2.20. The SMILES string of the molecule is CC(C)(C)c1nc(CSc2cccc(F)c2)nc(Cl)c1Br. The third-order valence-corrected chi connectivity index (χ3v) is 4.97. The molecule has 0 fully saturated rings. The van der Waals surface area contributed by atoms with Gasteiger partial charge in [0, 0.05) is 10.3 Å². The fourth-order valence-corrected chi connectivity index (χ4v) is 3.48. The van der Waals surface area contributed by atoms with Crippen LogP contribution in [0.3, 0.4) is 0 Å². The molecule has 0 saturated heterocycles. The molecule has 2 nitrogen and oxygen atoms in total. The van der Waals surface area contributed by atoms with Gasteiger partial charge < -0.3 is 0 Å². The second-order valence-corrected chi connectivity index (χ2v) is 7.79. The van der Waals surface area contributed by atoms with E-state index in [-0.39, 0.29) is 11.2 Å². The third-order valence-electron chi connectivity index (χ3n) is 2.73. The van der Waals surface area contributed by atoms with E-state index in [1.165, 1.54) is 23.9 Å². The second kappa shape index (κ2) is 6.63. The Morgan fingerprint density at radius 1 is 1.29 bits per heavy atom. The number of benzene rings is 1. The minimum absolute atomic E-state index is 0.135. The van der Waals surface area contributed by atoms with E-state index in [0.29, 0.717) is 16.7 Å². The van der Waals surface area contributed by atoms with Crippen molar-refractivity contribution in [2.24, 2.45) is 0 Å². The van der Waals surface area contributed by atoms with Gasteiger partial charge in [-0.2, -0.15) is 0 Å². The van der Waals surface area contributed by atoms with Gasteiger partial charge in [-0.05, 0) is 34.1 Å². The number of thioether (sulfide) groups is 1. The monoisotopic (exact) mass is 388 g/mol. The van der Waals surface area contributed by atoms with Crippen molar-refractivity contribution in [1.29, 1.82) is 0 Å². The van der Waals surface area contributed by atoms with Crippen LogP contribution in [0.15, 0.2) is 33.6 Å². The number of hydrogen-bond donors (Lipinski definition) is 0. The lowest BCUT2D eigenvalue weighted by molar-refractivity contribution is 0.560. The fourth-order valence-electron chi connectivity index (χ4n) is 1.73. The summed E-state index contributed by atoms with van der Waals surface area (Å²) in [6, 6.07) is 6.47. The standard InChI is InChI=1S/C15H15BrClFN2S/c1-15(2,3)13-12(16)14(17)20-11(19-13)8-21-10-6-4-5-9(18)7-10/h4-7H,8H2,1-3H3. The molecular weight excluding hydrogens is 375 g/mol. The Morgan fingerprint density at radius 3 is 2.62 bits per heavy atom. The zero-order chi connectivity index (χ0) is 15.6. The number of rotatable bonds is 3. The van der Waals surface area contributed by atoms with Gasteiger partial charge in [-0.1, -0.05) is 38.4 Å². The molecule has 0 aliphatic rings. The van der Waals surface area contributed by atoms with E-state index in [9.17, 15) is 4.39 Å². The lowest BCUT2D eigenvalue weighted by atomic mass is 9.92. The molecule has 1 heterocycles. The van der Waals surface area contributed by atoms with Crippen molar-refractivity contribution >= 4 is 39.3 Å². The second-order valence-electron chi connectivity index (χ2n) is 5.59. The Balaban J connectivity index is 2.23. The largest absolute Gasteiger partial charge is 0.235 e. The number of hydrogen-bond acceptors (Lipinski definition) is 3. The minimum Gasteiger partial charge on any atom is -0.235 e. The van der Waals surface area contributed by atoms with E-state index in [2.05, 4.69) is 46.7 Å². The van der Waals surface area contributed by atoms with Crippen LogP contribution in [0.25, 0.3) is 0 Å². The van der Waals surface area contributed by atoms with Crippen LogP contribution in [-0.4, -0.2) is 9.97 Å². The van der Waals surface area contributed by atoms with Gasteiger partial charge >= 0.3 is 0 Å². The van der Waals surface area contributed by atoms with Gasteiger partial charge in [0.25, 0.3) is 0 Å². The van der Waals surface area contributed by atoms with Gasteiger partial charge in [0.05, 0.1) is 15.9 Å². The molecule has 112 valence electrons. The molecule has 0 unspecified atom stereocenters. The summed E-state index contributed by atoms with van der Waals surface area (Å²) in [4.78, 5) is 9.70. The Morgan fingerprint density at radius 2 is 2.00 bits per heavy atom. The van der Waals surface area contributed by atoms with Crippen LogP contribution in [0.1, 0.15) is 32.3 Å². The van der Waals surface area contributed by atoms with E-state index in [4.69, 9.17) is 11.6 Å². The third kappa shape index (κ3) is 4.41. The Kier molecular flexibility index (Phi) is 5.28. The first-order valence-electron chi connectivity index (χ1n) is 6.38. The fraction of sp³-hybridized carbons (Fsp3) is 0.333. The van der Waals surface area contributed by atoms with E-state index < -0.39 is 0 Å². The van der Waals surface area contributed by atoms with Crippen LogP contribution in [-0.2, 0) is 11.2 Å². The molecule has 0 amide bonds. The maximum atomic E-state index is 13.2. The lowest BCUT2D eigenvalue weighted by Crippen LogP contribution is -2.16. The van der Waals surface area contributed by atoms with Crippen molar-refractivity contribution < 1.29 is 4.39 Å². The quantitative estimate of drug-likeness (QED) is 0.503. The molecule has 1 aromatic heterocycles. The maximum Gasteiger partial charge on any atom is 0.147 e. The molecule has 21 heavy (non-hydrogen) atoms. The van der Waals surface area contributed by atoms with Crippen LogP contribution < -0.4 is 0 Å². The van der Waals surface area contributed by atoms with Crippen molar-refractivity contribution in [3.8, 4) is 0 Å². The molecule has 1 aromatic carbocycles. The first-order chi connectivity index (χ1) is 9.77. The summed E-state index contributed by atoms with van der Waals surface area (Å²) in [6.45, 7) is 6.21. The summed E-state index contributed by atoms with van der Waals surface area (Å²) < 4.78 is 13.9. The molecule has 0 aliphatic heterocycles. The van der Waals surface area contributed by atoms with Crippen molar-refractivity contribution in [2.45, 2.75) is 36.8 Å². The summed E-state index contributed by atoms with van der Waals surface area (Å²) in [5.74, 6) is 0.937. The molecule has 0 saturated carbocycles. The molecule has 0 aliphatic carbocycles. The smallest absolute Gasteiger partial charge is 0.147 e. The van der Waals surface area contributed by atoms with Crippen molar-refractivity contribution in [2.75, 3.05) is 0 Å². The van der Waals surface area contributed by atoms with Gasteiger partial charge in [-0.15, -0.1) is 11.8 Å². The Hall–Kier alpha value is -0.650. The van der Waals surface area contributed by atoms with Crippen LogP contribution in [0.5, 0.6) is 0 Å². The highest BCUT2D eigenvalue weighted by Crippen LogP contribution is 2.33. The summed E-state index contributed by atoms with van der Waals surface area (Å²) >= 11 is 11.1. The number of nitrogens with zero attached hydrogens (tertiary/aromatic N) is 2. The Bertz CT molecular complexity index is 659. The van der Waals surface area contributed by atoms with E-state index in [1.54, 1.807) is 6.07 Å². The molecule has 2 aromatic rings. The summed E-state index contributed by atoms with van der Waals surface area (Å²) in [5.41, 5.74) is 0.737. The first kappa shape index (κ1) is 16.7. The Labute approximate surface area is 141 Å². The predicted molar refractivity (Wildman–Crippen MR) is 89.4 cm³/mol. The van der Waals surface area contributed by atoms with Crippen molar-refractivity contribution in [3.63, 3.8) is 0 Å². The number of aromatic nitrogens is 2. The maximum absolute atomic E-state index is 13.2. The zero-order valence-electron chi connectivity index (χ0n) is 12.0. The minimum atomic E-state index is -0.245. The molecule has 0 spiro atoms. The van der Waals surface area contributed by atoms with Gasteiger partial charge in [-0.25, -0.2) is 14.4 Å².